The summed E-state index contributed by atoms with van der Waals surface area (Å²) in [4.78, 5) is 31.3. The number of aromatic nitrogens is 3. The average Bonchev–Trinajstić information content (AvgIpc) is 3.08. The number of benzene rings is 1. The van der Waals surface area contributed by atoms with Crippen molar-refractivity contribution in [2.24, 2.45) is 0 Å². The molecule has 3 heterocycles. The maximum Gasteiger partial charge on any atom is 0.272 e. The number of hydrogen-bond acceptors (Lipinski definition) is 5. The van der Waals surface area contributed by atoms with Crippen LogP contribution in [0.3, 0.4) is 0 Å². The molecule has 0 aliphatic carbocycles. The number of fused-ring (bicyclic) bond motifs is 1. The molecule has 1 N–H and O–H groups in total. The number of ether oxygens (including phenoxy) is 2. The molecule has 1 saturated heterocycles. The Morgan fingerprint density at radius 1 is 1.07 bits per heavy atom. The van der Waals surface area contributed by atoms with E-state index in [1.807, 2.05) is 23.1 Å². The zero-order valence-corrected chi connectivity index (χ0v) is 17.3. The Bertz CT molecular complexity index is 1120. The van der Waals surface area contributed by atoms with Crippen LogP contribution in [0.15, 0.2) is 35.1 Å². The predicted molar refractivity (Wildman–Crippen MR) is 113 cm³/mol. The van der Waals surface area contributed by atoms with E-state index in [9.17, 15) is 9.59 Å². The smallest absolute Gasteiger partial charge is 0.272 e. The minimum atomic E-state index is -0.184. The molecule has 0 saturated carbocycles. The molecule has 1 aliphatic rings. The van der Waals surface area contributed by atoms with Gasteiger partial charge in [-0.2, -0.15) is 0 Å². The van der Waals surface area contributed by atoms with Crippen LogP contribution in [-0.2, 0) is 11.2 Å². The number of carbonyl (C=O) groups is 1. The average molecular weight is 410 g/mol. The van der Waals surface area contributed by atoms with Crippen LogP contribution < -0.4 is 15.0 Å². The Hall–Kier alpha value is -3.29. The number of nitrogens with one attached hydrogen (secondary N) is 1. The van der Waals surface area contributed by atoms with Crippen LogP contribution in [0.5, 0.6) is 11.5 Å². The van der Waals surface area contributed by atoms with Crippen LogP contribution >= 0.6 is 0 Å². The number of hydrogen-bond donors (Lipinski definition) is 1. The van der Waals surface area contributed by atoms with Gasteiger partial charge in [-0.15, -0.1) is 0 Å². The molecule has 0 radical (unpaired) electrons. The van der Waals surface area contributed by atoms with Gasteiger partial charge in [-0.05, 0) is 25.0 Å². The van der Waals surface area contributed by atoms with Gasteiger partial charge in [-0.25, -0.2) is 9.50 Å². The van der Waals surface area contributed by atoms with Crippen LogP contribution in [0.4, 0.5) is 0 Å². The first-order valence-corrected chi connectivity index (χ1v) is 10.2. The molecule has 0 bridgehead atoms. The Kier molecular flexibility index (Phi) is 5.74. The predicted octanol–water partition coefficient (Wildman–Crippen LogP) is 2.65. The highest BCUT2D eigenvalue weighted by molar-refractivity contribution is 5.76. The summed E-state index contributed by atoms with van der Waals surface area (Å²) in [7, 11) is 3.19. The fourth-order valence-electron chi connectivity index (χ4n) is 3.85. The maximum absolute atomic E-state index is 12.6. The molecule has 8 nitrogen and oxygen atoms in total. The highest BCUT2D eigenvalue weighted by Crippen LogP contribution is 2.32. The molecule has 30 heavy (non-hydrogen) atoms. The molecule has 0 atom stereocenters. The van der Waals surface area contributed by atoms with Gasteiger partial charge in [-0.1, -0.05) is 6.42 Å². The Labute approximate surface area is 174 Å². The molecule has 158 valence electrons. The van der Waals surface area contributed by atoms with Gasteiger partial charge in [0, 0.05) is 49.7 Å². The number of likely N-dealkylation sites (tertiary alicyclic amines) is 1. The van der Waals surface area contributed by atoms with Crippen molar-refractivity contribution in [1.82, 2.24) is 19.5 Å². The molecule has 1 aliphatic heterocycles. The van der Waals surface area contributed by atoms with Crippen molar-refractivity contribution in [2.45, 2.75) is 32.1 Å². The first-order valence-electron chi connectivity index (χ1n) is 10.2. The van der Waals surface area contributed by atoms with Gasteiger partial charge in [-0.3, -0.25) is 14.7 Å². The second kappa shape index (κ2) is 8.61. The van der Waals surface area contributed by atoms with Crippen molar-refractivity contribution >= 4 is 11.6 Å². The van der Waals surface area contributed by atoms with E-state index in [0.29, 0.717) is 42.2 Å². The lowest BCUT2D eigenvalue weighted by Crippen LogP contribution is -2.32. The fourth-order valence-corrected chi connectivity index (χ4v) is 3.85. The van der Waals surface area contributed by atoms with E-state index in [4.69, 9.17) is 9.47 Å². The summed E-state index contributed by atoms with van der Waals surface area (Å²) >= 11 is 0. The normalized spacial score (nSPS) is 14.7. The van der Waals surface area contributed by atoms with E-state index in [2.05, 4.69) is 10.1 Å². The van der Waals surface area contributed by atoms with E-state index in [1.165, 1.54) is 10.6 Å². The van der Waals surface area contributed by atoms with Gasteiger partial charge < -0.3 is 14.4 Å². The molecule has 1 fully saturated rings. The van der Waals surface area contributed by atoms with Crippen LogP contribution in [0, 0.1) is 0 Å². The number of carbonyl (C=O) groups excluding carboxylic acids is 1. The van der Waals surface area contributed by atoms with Crippen LogP contribution in [0.2, 0.25) is 0 Å². The Balaban J connectivity index is 1.60. The van der Waals surface area contributed by atoms with Gasteiger partial charge in [0.1, 0.15) is 11.5 Å². The summed E-state index contributed by atoms with van der Waals surface area (Å²) in [6, 6.07) is 8.86. The molecule has 2 aromatic heterocycles. The van der Waals surface area contributed by atoms with E-state index < -0.39 is 0 Å². The zero-order chi connectivity index (χ0) is 21.1. The molecule has 3 aromatic rings. The molecule has 1 aromatic carbocycles. The summed E-state index contributed by atoms with van der Waals surface area (Å²) < 4.78 is 12.1. The van der Waals surface area contributed by atoms with E-state index in [-0.39, 0.29) is 11.5 Å². The highest BCUT2D eigenvalue weighted by Gasteiger charge is 2.17. The molecule has 8 heteroatoms. The van der Waals surface area contributed by atoms with Crippen molar-refractivity contribution in [3.05, 3.63) is 46.4 Å². The Morgan fingerprint density at radius 3 is 2.73 bits per heavy atom. The molecular weight excluding hydrogens is 384 g/mol. The molecule has 0 spiro atoms. The second-order valence-electron chi connectivity index (χ2n) is 7.46. The summed E-state index contributed by atoms with van der Waals surface area (Å²) in [5, 5.41) is 3.10. The van der Waals surface area contributed by atoms with Crippen molar-refractivity contribution in [3.8, 4) is 22.8 Å². The number of amides is 1. The number of rotatable bonds is 6. The summed E-state index contributed by atoms with van der Waals surface area (Å²) in [5.74, 6) is 1.52. The van der Waals surface area contributed by atoms with Crippen LogP contribution in [0.1, 0.15) is 31.4 Å². The van der Waals surface area contributed by atoms with Gasteiger partial charge >= 0.3 is 0 Å². The quantitative estimate of drug-likeness (QED) is 0.675. The highest BCUT2D eigenvalue weighted by atomic mass is 16.5. The SMILES string of the molecule is COc1ccc(-c2cc3nc(CCN4CCCCCC4=O)cc(=O)n3[nH]2)c(OC)c1. The summed E-state index contributed by atoms with van der Waals surface area (Å²) in [6.45, 7) is 1.37. The van der Waals surface area contributed by atoms with Crippen molar-refractivity contribution < 1.29 is 14.3 Å². The summed E-state index contributed by atoms with van der Waals surface area (Å²) in [5.41, 5.74) is 2.56. The molecule has 0 unspecified atom stereocenters. The lowest BCUT2D eigenvalue weighted by molar-refractivity contribution is -0.130. The Morgan fingerprint density at radius 2 is 1.93 bits per heavy atom. The number of nitrogens with zero attached hydrogens (tertiary/aromatic N) is 3. The topological polar surface area (TPSA) is 88.9 Å². The molecule has 4 rings (SSSR count). The van der Waals surface area contributed by atoms with Crippen molar-refractivity contribution in [3.63, 3.8) is 0 Å². The van der Waals surface area contributed by atoms with E-state index in [1.54, 1.807) is 20.3 Å². The van der Waals surface area contributed by atoms with Gasteiger partial charge in [0.25, 0.3) is 5.56 Å². The molecular formula is C22H26N4O4. The third-order valence-electron chi connectivity index (χ3n) is 5.51. The lowest BCUT2D eigenvalue weighted by atomic mass is 10.1. The third-order valence-corrected chi connectivity index (χ3v) is 5.51. The van der Waals surface area contributed by atoms with E-state index >= 15 is 0 Å². The first kappa shape index (κ1) is 20.0. The minimum Gasteiger partial charge on any atom is -0.497 e. The number of aromatic amines is 1. The minimum absolute atomic E-state index is 0.184. The van der Waals surface area contributed by atoms with E-state index in [0.717, 1.165) is 37.1 Å². The number of H-pyrrole nitrogens is 1. The van der Waals surface area contributed by atoms with Crippen LogP contribution in [-0.4, -0.2) is 52.7 Å². The largest absolute Gasteiger partial charge is 0.497 e. The molecule has 1 amide bonds. The van der Waals surface area contributed by atoms with Gasteiger partial charge in [0.05, 0.1) is 25.6 Å². The summed E-state index contributed by atoms with van der Waals surface area (Å²) in [6.07, 6.45) is 4.26. The van der Waals surface area contributed by atoms with Crippen molar-refractivity contribution in [1.29, 1.82) is 0 Å². The fraction of sp³-hybridized carbons (Fsp3) is 0.409. The maximum atomic E-state index is 12.6. The standard InChI is InChI=1S/C22H26N4O4/c1-29-16-7-8-17(19(13-16)30-2)18-14-20-23-15(12-22(28)26(20)24-18)9-11-25-10-5-3-4-6-21(25)27/h7-8,12-14,24H,3-6,9-11H2,1-2H3. The van der Waals surface area contributed by atoms with Gasteiger partial charge in [0.15, 0.2) is 5.65 Å². The van der Waals surface area contributed by atoms with Crippen LogP contribution in [0.25, 0.3) is 16.9 Å². The lowest BCUT2D eigenvalue weighted by Gasteiger charge is -2.20. The van der Waals surface area contributed by atoms with Gasteiger partial charge in [0.2, 0.25) is 5.91 Å². The second-order valence-corrected chi connectivity index (χ2v) is 7.46. The first-order chi connectivity index (χ1) is 14.6. The third kappa shape index (κ3) is 4.03. The monoisotopic (exact) mass is 410 g/mol. The zero-order valence-electron chi connectivity index (χ0n) is 17.3. The number of methoxy groups -OCH3 is 2. The van der Waals surface area contributed by atoms with Crippen molar-refractivity contribution in [2.75, 3.05) is 27.3 Å².